The Morgan fingerprint density at radius 3 is 2.91 bits per heavy atom. The summed E-state index contributed by atoms with van der Waals surface area (Å²) in [6.07, 6.45) is 6.87. The number of hydrogen-bond acceptors (Lipinski definition) is 5. The monoisotopic (exact) mass is 298 g/mol. The summed E-state index contributed by atoms with van der Waals surface area (Å²) in [5.41, 5.74) is 1.39. The molecular weight excluding hydrogens is 280 g/mol. The van der Waals surface area contributed by atoms with Gasteiger partial charge in [0, 0.05) is 36.2 Å². The molecule has 1 aromatic heterocycles. The van der Waals surface area contributed by atoms with E-state index in [-0.39, 0.29) is 18.6 Å². The number of amides is 1. The first-order valence-corrected chi connectivity index (χ1v) is 7.33. The number of rotatable bonds is 6. The standard InChI is InChI=1S/C16H18N4O2/c21-9-8-20(14-4-5-14)16(22)12-2-1-3-13(10-12)19-15-11-17-6-7-18-15/h1-3,6-7,10-11,14,21H,4-5,8-9H2,(H,18,19). The normalized spacial score (nSPS) is 13.7. The molecule has 22 heavy (non-hydrogen) atoms. The second-order valence-electron chi connectivity index (χ2n) is 5.25. The molecule has 1 aliphatic carbocycles. The van der Waals surface area contributed by atoms with Crippen molar-refractivity contribution >= 4 is 17.4 Å². The van der Waals surface area contributed by atoms with Crippen LogP contribution < -0.4 is 5.32 Å². The summed E-state index contributed by atoms with van der Waals surface area (Å²) in [7, 11) is 0. The van der Waals surface area contributed by atoms with Crippen LogP contribution in [0.5, 0.6) is 0 Å². The van der Waals surface area contributed by atoms with E-state index in [1.54, 1.807) is 35.6 Å². The van der Waals surface area contributed by atoms with Gasteiger partial charge in [0.25, 0.3) is 5.91 Å². The number of carbonyl (C=O) groups excluding carboxylic acids is 1. The molecule has 1 amide bonds. The lowest BCUT2D eigenvalue weighted by Crippen LogP contribution is -2.35. The summed E-state index contributed by atoms with van der Waals surface area (Å²) in [6.45, 7) is 0.366. The number of aliphatic hydroxyl groups excluding tert-OH is 1. The van der Waals surface area contributed by atoms with Crippen LogP contribution in [0, 0.1) is 0 Å². The van der Waals surface area contributed by atoms with Gasteiger partial charge < -0.3 is 15.3 Å². The number of benzene rings is 1. The molecule has 2 N–H and O–H groups in total. The maximum absolute atomic E-state index is 12.6. The highest BCUT2D eigenvalue weighted by molar-refractivity contribution is 5.95. The minimum absolute atomic E-state index is 0.0141. The zero-order valence-corrected chi connectivity index (χ0v) is 12.1. The van der Waals surface area contributed by atoms with Gasteiger partial charge in [-0.15, -0.1) is 0 Å². The number of hydrogen-bond donors (Lipinski definition) is 2. The molecule has 0 aliphatic heterocycles. The van der Waals surface area contributed by atoms with Crippen LogP contribution in [-0.2, 0) is 0 Å². The van der Waals surface area contributed by atoms with Crippen LogP contribution in [0.3, 0.4) is 0 Å². The van der Waals surface area contributed by atoms with E-state index in [4.69, 9.17) is 5.11 Å². The van der Waals surface area contributed by atoms with E-state index in [9.17, 15) is 4.79 Å². The predicted octanol–water partition coefficient (Wildman–Crippen LogP) is 1.82. The number of carbonyl (C=O) groups is 1. The van der Waals surface area contributed by atoms with Crippen molar-refractivity contribution in [3.05, 3.63) is 48.4 Å². The van der Waals surface area contributed by atoms with Crippen LogP contribution in [0.1, 0.15) is 23.2 Å². The highest BCUT2D eigenvalue weighted by atomic mass is 16.3. The highest BCUT2D eigenvalue weighted by Crippen LogP contribution is 2.28. The molecule has 114 valence electrons. The predicted molar refractivity (Wildman–Crippen MR) is 82.9 cm³/mol. The summed E-state index contributed by atoms with van der Waals surface area (Å²) in [6, 6.07) is 7.56. The Bertz CT molecular complexity index is 644. The smallest absolute Gasteiger partial charge is 0.254 e. The number of nitrogens with one attached hydrogen (secondary N) is 1. The van der Waals surface area contributed by atoms with Crippen LogP contribution in [0.15, 0.2) is 42.9 Å². The minimum atomic E-state index is -0.0423. The van der Waals surface area contributed by atoms with E-state index in [0.717, 1.165) is 18.5 Å². The van der Waals surface area contributed by atoms with E-state index in [1.807, 2.05) is 12.1 Å². The lowest BCUT2D eigenvalue weighted by atomic mass is 10.1. The van der Waals surface area contributed by atoms with E-state index < -0.39 is 0 Å². The van der Waals surface area contributed by atoms with Crippen LogP contribution in [0.2, 0.25) is 0 Å². The average Bonchev–Trinajstić information content (AvgIpc) is 3.38. The first-order chi connectivity index (χ1) is 10.8. The van der Waals surface area contributed by atoms with Gasteiger partial charge in [-0.05, 0) is 31.0 Å². The van der Waals surface area contributed by atoms with Crippen LogP contribution >= 0.6 is 0 Å². The van der Waals surface area contributed by atoms with Gasteiger partial charge in [0.1, 0.15) is 5.82 Å². The zero-order valence-electron chi connectivity index (χ0n) is 12.1. The molecule has 6 heteroatoms. The molecule has 1 aromatic carbocycles. The SMILES string of the molecule is O=C(c1cccc(Nc2cnccn2)c1)N(CCO)C1CC1. The fourth-order valence-corrected chi connectivity index (χ4v) is 2.35. The lowest BCUT2D eigenvalue weighted by molar-refractivity contribution is 0.0707. The molecule has 3 rings (SSSR count). The molecule has 0 unspecified atom stereocenters. The number of aliphatic hydroxyl groups is 1. The molecule has 0 bridgehead atoms. The minimum Gasteiger partial charge on any atom is -0.395 e. The zero-order chi connectivity index (χ0) is 15.4. The van der Waals surface area contributed by atoms with Crippen molar-refractivity contribution in [1.82, 2.24) is 14.9 Å². The Balaban J connectivity index is 1.76. The topological polar surface area (TPSA) is 78.4 Å². The van der Waals surface area contributed by atoms with Crippen molar-refractivity contribution in [2.24, 2.45) is 0 Å². The Hall–Kier alpha value is -2.47. The molecule has 6 nitrogen and oxygen atoms in total. The van der Waals surface area contributed by atoms with Gasteiger partial charge in [-0.1, -0.05) is 6.07 Å². The van der Waals surface area contributed by atoms with Crippen molar-refractivity contribution in [1.29, 1.82) is 0 Å². The maximum atomic E-state index is 12.6. The first-order valence-electron chi connectivity index (χ1n) is 7.33. The van der Waals surface area contributed by atoms with Gasteiger partial charge in [-0.2, -0.15) is 0 Å². The number of anilines is 2. The van der Waals surface area contributed by atoms with E-state index >= 15 is 0 Å². The summed E-state index contributed by atoms with van der Waals surface area (Å²) >= 11 is 0. The quantitative estimate of drug-likeness (QED) is 0.850. The molecule has 1 heterocycles. The first kappa shape index (κ1) is 14.5. The number of aromatic nitrogens is 2. The van der Waals surface area contributed by atoms with Crippen molar-refractivity contribution < 1.29 is 9.90 Å². The highest BCUT2D eigenvalue weighted by Gasteiger charge is 2.32. The van der Waals surface area contributed by atoms with Crippen LogP contribution in [0.25, 0.3) is 0 Å². The molecule has 1 saturated carbocycles. The van der Waals surface area contributed by atoms with Gasteiger partial charge in [-0.25, -0.2) is 4.98 Å². The fourth-order valence-electron chi connectivity index (χ4n) is 2.35. The Morgan fingerprint density at radius 1 is 1.36 bits per heavy atom. The maximum Gasteiger partial charge on any atom is 0.254 e. The number of nitrogens with zero attached hydrogens (tertiary/aromatic N) is 3. The lowest BCUT2D eigenvalue weighted by Gasteiger charge is -2.21. The van der Waals surface area contributed by atoms with Gasteiger partial charge in [-0.3, -0.25) is 9.78 Å². The van der Waals surface area contributed by atoms with Crippen molar-refractivity contribution in [2.45, 2.75) is 18.9 Å². The Morgan fingerprint density at radius 2 is 2.23 bits per heavy atom. The Kier molecular flexibility index (Phi) is 4.29. The van der Waals surface area contributed by atoms with Crippen LogP contribution in [-0.4, -0.2) is 45.1 Å². The van der Waals surface area contributed by atoms with Crippen molar-refractivity contribution in [3.8, 4) is 0 Å². The third-order valence-corrected chi connectivity index (χ3v) is 3.53. The van der Waals surface area contributed by atoms with E-state index in [0.29, 0.717) is 17.9 Å². The van der Waals surface area contributed by atoms with Gasteiger partial charge >= 0.3 is 0 Å². The van der Waals surface area contributed by atoms with Crippen molar-refractivity contribution in [2.75, 3.05) is 18.5 Å². The molecule has 0 radical (unpaired) electrons. The molecule has 0 atom stereocenters. The van der Waals surface area contributed by atoms with Crippen LogP contribution in [0.4, 0.5) is 11.5 Å². The second kappa shape index (κ2) is 6.53. The van der Waals surface area contributed by atoms with E-state index in [1.165, 1.54) is 0 Å². The summed E-state index contributed by atoms with van der Waals surface area (Å²) in [5.74, 6) is 0.584. The third kappa shape index (κ3) is 3.40. The van der Waals surface area contributed by atoms with E-state index in [2.05, 4.69) is 15.3 Å². The fraction of sp³-hybridized carbons (Fsp3) is 0.312. The van der Waals surface area contributed by atoms with Gasteiger partial charge in [0.05, 0.1) is 12.8 Å². The molecule has 1 aliphatic rings. The van der Waals surface area contributed by atoms with Gasteiger partial charge in [0.2, 0.25) is 0 Å². The molecule has 1 fully saturated rings. The summed E-state index contributed by atoms with van der Waals surface area (Å²) in [5, 5.41) is 12.3. The van der Waals surface area contributed by atoms with Crippen molar-refractivity contribution in [3.63, 3.8) is 0 Å². The summed E-state index contributed by atoms with van der Waals surface area (Å²) < 4.78 is 0. The average molecular weight is 298 g/mol. The molecule has 0 spiro atoms. The largest absolute Gasteiger partial charge is 0.395 e. The molecule has 2 aromatic rings. The second-order valence-corrected chi connectivity index (χ2v) is 5.25. The summed E-state index contributed by atoms with van der Waals surface area (Å²) in [4.78, 5) is 22.5. The Labute approximate surface area is 128 Å². The molecular formula is C16H18N4O2. The molecule has 0 saturated heterocycles. The third-order valence-electron chi connectivity index (χ3n) is 3.53. The van der Waals surface area contributed by atoms with Gasteiger partial charge in [0.15, 0.2) is 0 Å².